The highest BCUT2D eigenvalue weighted by atomic mass is 79.9. The summed E-state index contributed by atoms with van der Waals surface area (Å²) < 4.78 is 10.9. The van der Waals surface area contributed by atoms with Crippen LogP contribution in [0.3, 0.4) is 0 Å². The average molecular weight is 360 g/mol. The van der Waals surface area contributed by atoms with E-state index < -0.39 is 11.9 Å². The second-order valence-corrected chi connectivity index (χ2v) is 5.33. The van der Waals surface area contributed by atoms with E-state index in [0.29, 0.717) is 28.0 Å². The summed E-state index contributed by atoms with van der Waals surface area (Å²) in [5.74, 6) is -0.814. The molecule has 0 aliphatic carbocycles. The van der Waals surface area contributed by atoms with Crippen LogP contribution < -0.4 is 14.8 Å². The highest BCUT2D eigenvalue weighted by Gasteiger charge is 2.18. The summed E-state index contributed by atoms with van der Waals surface area (Å²) in [6.07, 6.45) is 0.356. The third-order valence-corrected chi connectivity index (χ3v) is 3.58. The van der Waals surface area contributed by atoms with Crippen LogP contribution in [0.5, 0.6) is 11.5 Å². The predicted octanol–water partition coefficient (Wildman–Crippen LogP) is 2.31. The smallest absolute Gasteiger partial charge is 0.306 e. The molecule has 21 heavy (non-hydrogen) atoms. The molecular formula is C14H18BrNO5. The number of carbonyl (C=O) groups is 2. The van der Waals surface area contributed by atoms with Gasteiger partial charge in [0.2, 0.25) is 0 Å². The summed E-state index contributed by atoms with van der Waals surface area (Å²) in [5, 5.41) is 11.5. The Morgan fingerprint density at radius 1 is 1.33 bits per heavy atom. The first-order valence-corrected chi connectivity index (χ1v) is 7.12. The maximum atomic E-state index is 12.2. The van der Waals surface area contributed by atoms with Gasteiger partial charge < -0.3 is 19.9 Å². The van der Waals surface area contributed by atoms with E-state index in [9.17, 15) is 9.59 Å². The molecule has 0 aromatic heterocycles. The zero-order chi connectivity index (χ0) is 16.0. The molecule has 1 unspecified atom stereocenters. The van der Waals surface area contributed by atoms with Crippen LogP contribution in [0.2, 0.25) is 0 Å². The van der Waals surface area contributed by atoms with Gasteiger partial charge in [0.1, 0.15) is 11.5 Å². The van der Waals surface area contributed by atoms with Gasteiger partial charge in [-0.05, 0) is 34.5 Å². The quantitative estimate of drug-likeness (QED) is 0.780. The zero-order valence-corrected chi connectivity index (χ0v) is 13.7. The second-order valence-electron chi connectivity index (χ2n) is 4.47. The van der Waals surface area contributed by atoms with E-state index in [1.807, 2.05) is 0 Å². The fraction of sp³-hybridized carbons (Fsp3) is 0.429. The van der Waals surface area contributed by atoms with Crippen molar-refractivity contribution in [3.05, 3.63) is 22.2 Å². The Kier molecular flexibility index (Phi) is 6.48. The number of methoxy groups -OCH3 is 2. The minimum absolute atomic E-state index is 0.268. The van der Waals surface area contributed by atoms with Crippen LogP contribution in [0.1, 0.15) is 23.7 Å². The lowest BCUT2D eigenvalue weighted by Crippen LogP contribution is -2.27. The van der Waals surface area contributed by atoms with Crippen LogP contribution in [0.15, 0.2) is 16.6 Å². The van der Waals surface area contributed by atoms with Crippen LogP contribution in [0, 0.1) is 5.92 Å². The lowest BCUT2D eigenvalue weighted by atomic mass is 10.1. The topological polar surface area (TPSA) is 84.9 Å². The molecule has 0 spiro atoms. The maximum Gasteiger partial charge on any atom is 0.306 e. The molecule has 0 saturated carbocycles. The Morgan fingerprint density at radius 2 is 2.00 bits per heavy atom. The first-order valence-electron chi connectivity index (χ1n) is 6.33. The summed E-state index contributed by atoms with van der Waals surface area (Å²) in [6, 6.07) is 3.27. The highest BCUT2D eigenvalue weighted by molar-refractivity contribution is 9.10. The summed E-state index contributed by atoms with van der Waals surface area (Å²) >= 11 is 3.32. The number of amides is 1. The van der Waals surface area contributed by atoms with E-state index >= 15 is 0 Å². The number of aliphatic carboxylic acids is 1. The molecule has 0 aliphatic rings. The van der Waals surface area contributed by atoms with Gasteiger partial charge in [-0.3, -0.25) is 9.59 Å². The third kappa shape index (κ3) is 4.63. The second kappa shape index (κ2) is 7.87. The minimum Gasteiger partial charge on any atom is -0.497 e. The van der Waals surface area contributed by atoms with Gasteiger partial charge in [-0.2, -0.15) is 0 Å². The summed E-state index contributed by atoms with van der Waals surface area (Å²) in [7, 11) is 2.97. The van der Waals surface area contributed by atoms with Gasteiger partial charge in [0.25, 0.3) is 5.91 Å². The standard InChI is InChI=1S/C14H18BrNO5/c1-8(14(18)19)4-5-16-13(17)10-6-9(20-2)7-11(15)12(10)21-3/h6-8H,4-5H2,1-3H3,(H,16,17)(H,18,19). The molecule has 7 heteroatoms. The number of nitrogens with one attached hydrogen (secondary N) is 1. The molecular weight excluding hydrogens is 342 g/mol. The van der Waals surface area contributed by atoms with E-state index in [0.717, 1.165) is 0 Å². The number of halogens is 1. The summed E-state index contributed by atoms with van der Waals surface area (Å²) in [6.45, 7) is 1.86. The van der Waals surface area contributed by atoms with Gasteiger partial charge in [-0.25, -0.2) is 0 Å². The minimum atomic E-state index is -0.883. The molecule has 116 valence electrons. The molecule has 1 amide bonds. The molecule has 1 aromatic carbocycles. The van der Waals surface area contributed by atoms with Crippen molar-refractivity contribution in [2.45, 2.75) is 13.3 Å². The van der Waals surface area contributed by atoms with Crippen molar-refractivity contribution >= 4 is 27.8 Å². The number of ether oxygens (including phenoxy) is 2. The lowest BCUT2D eigenvalue weighted by Gasteiger charge is -2.13. The fourth-order valence-electron chi connectivity index (χ4n) is 1.68. The van der Waals surface area contributed by atoms with Crippen molar-refractivity contribution in [2.24, 2.45) is 5.92 Å². The number of rotatable bonds is 7. The Balaban J connectivity index is 2.82. The van der Waals surface area contributed by atoms with Gasteiger partial charge in [0, 0.05) is 6.54 Å². The van der Waals surface area contributed by atoms with E-state index in [1.54, 1.807) is 19.1 Å². The molecule has 0 aliphatic heterocycles. The molecule has 1 atom stereocenters. The van der Waals surface area contributed by atoms with Gasteiger partial charge >= 0.3 is 5.97 Å². The van der Waals surface area contributed by atoms with Gasteiger partial charge in [0.05, 0.1) is 30.2 Å². The van der Waals surface area contributed by atoms with Gasteiger partial charge in [0.15, 0.2) is 0 Å². The normalized spacial score (nSPS) is 11.6. The molecule has 1 aromatic rings. The Hall–Kier alpha value is -1.76. The van der Waals surface area contributed by atoms with Crippen LogP contribution in [-0.2, 0) is 4.79 Å². The predicted molar refractivity (Wildman–Crippen MR) is 81.0 cm³/mol. The summed E-state index contributed by atoms with van der Waals surface area (Å²) in [5.41, 5.74) is 0.326. The number of carbonyl (C=O) groups excluding carboxylic acids is 1. The van der Waals surface area contributed by atoms with Crippen LogP contribution >= 0.6 is 15.9 Å². The monoisotopic (exact) mass is 359 g/mol. The number of carboxylic acids is 1. The van der Waals surface area contributed by atoms with Crippen LogP contribution in [0.4, 0.5) is 0 Å². The fourth-order valence-corrected chi connectivity index (χ4v) is 2.28. The Bertz CT molecular complexity index is 532. The van der Waals surface area contributed by atoms with Crippen molar-refractivity contribution in [3.63, 3.8) is 0 Å². The van der Waals surface area contributed by atoms with Crippen molar-refractivity contribution in [3.8, 4) is 11.5 Å². The van der Waals surface area contributed by atoms with Gasteiger partial charge in [-0.15, -0.1) is 0 Å². The molecule has 0 bridgehead atoms. The van der Waals surface area contributed by atoms with Crippen LogP contribution in [0.25, 0.3) is 0 Å². The first kappa shape index (κ1) is 17.3. The average Bonchev–Trinajstić information content (AvgIpc) is 2.45. The third-order valence-electron chi connectivity index (χ3n) is 2.99. The molecule has 2 N–H and O–H groups in total. The van der Waals surface area contributed by atoms with Crippen molar-refractivity contribution in [2.75, 3.05) is 20.8 Å². The largest absolute Gasteiger partial charge is 0.497 e. The van der Waals surface area contributed by atoms with Crippen molar-refractivity contribution in [1.82, 2.24) is 5.32 Å². The SMILES string of the molecule is COc1cc(Br)c(OC)c(C(=O)NCCC(C)C(=O)O)c1. The van der Waals surface area contributed by atoms with Crippen LogP contribution in [-0.4, -0.2) is 37.7 Å². The number of carboxylic acid groups (broad SMARTS) is 1. The van der Waals surface area contributed by atoms with E-state index in [2.05, 4.69) is 21.2 Å². The number of hydrogen-bond acceptors (Lipinski definition) is 4. The van der Waals surface area contributed by atoms with E-state index in [-0.39, 0.29) is 12.5 Å². The first-order chi connectivity index (χ1) is 9.90. The molecule has 0 radical (unpaired) electrons. The summed E-state index contributed by atoms with van der Waals surface area (Å²) in [4.78, 5) is 22.9. The van der Waals surface area contributed by atoms with Crippen molar-refractivity contribution in [1.29, 1.82) is 0 Å². The number of benzene rings is 1. The molecule has 0 fully saturated rings. The Labute approximate surface area is 131 Å². The van der Waals surface area contributed by atoms with E-state index in [4.69, 9.17) is 14.6 Å². The molecule has 0 saturated heterocycles. The molecule has 6 nitrogen and oxygen atoms in total. The zero-order valence-electron chi connectivity index (χ0n) is 12.1. The maximum absolute atomic E-state index is 12.2. The molecule has 0 heterocycles. The van der Waals surface area contributed by atoms with Crippen molar-refractivity contribution < 1.29 is 24.2 Å². The van der Waals surface area contributed by atoms with Gasteiger partial charge in [-0.1, -0.05) is 6.92 Å². The molecule has 1 rings (SSSR count). The number of hydrogen-bond donors (Lipinski definition) is 2. The highest BCUT2D eigenvalue weighted by Crippen LogP contribution is 2.33. The lowest BCUT2D eigenvalue weighted by molar-refractivity contribution is -0.141. The Morgan fingerprint density at radius 3 is 2.52 bits per heavy atom. The van der Waals surface area contributed by atoms with E-state index in [1.165, 1.54) is 14.2 Å².